The molecule has 15 heavy (non-hydrogen) atoms. The van der Waals surface area contributed by atoms with Gasteiger partial charge in [-0.3, -0.25) is 0 Å². The number of nitrogens with one attached hydrogen (secondary N) is 1. The summed E-state index contributed by atoms with van der Waals surface area (Å²) in [6, 6.07) is 1.64. The largest absolute Gasteiger partial charge is 0.331 e. The molecule has 1 N–H and O–H groups in total. The Kier molecular flexibility index (Phi) is 3.10. The topological polar surface area (TPSA) is 29.9 Å². The molecule has 1 fully saturated rings. The molecular weight excluding hydrogens is 186 g/mol. The molecule has 1 aromatic heterocycles. The van der Waals surface area contributed by atoms with Crippen LogP contribution in [0.3, 0.4) is 0 Å². The normalized spacial score (nSPS) is 27.2. The molecule has 2 unspecified atom stereocenters. The highest BCUT2D eigenvalue weighted by molar-refractivity contribution is 5.08. The van der Waals surface area contributed by atoms with Crippen molar-refractivity contribution in [1.29, 1.82) is 0 Å². The number of aromatic nitrogens is 2. The summed E-state index contributed by atoms with van der Waals surface area (Å²) < 4.78 is 2.27. The summed E-state index contributed by atoms with van der Waals surface area (Å²) in [5.74, 6) is 0. The van der Waals surface area contributed by atoms with E-state index in [1.165, 1.54) is 25.0 Å². The Morgan fingerprint density at radius 1 is 1.47 bits per heavy atom. The Labute approximate surface area is 91.9 Å². The second-order valence-corrected chi connectivity index (χ2v) is 4.87. The van der Waals surface area contributed by atoms with Crippen LogP contribution in [0.1, 0.15) is 57.8 Å². The molecule has 3 nitrogen and oxygen atoms in total. The fourth-order valence-corrected chi connectivity index (χ4v) is 2.39. The van der Waals surface area contributed by atoms with E-state index in [0.717, 1.165) is 0 Å². The van der Waals surface area contributed by atoms with Crippen molar-refractivity contribution in [1.82, 2.24) is 14.9 Å². The van der Waals surface area contributed by atoms with E-state index in [4.69, 9.17) is 0 Å². The minimum absolute atomic E-state index is 0.499. The number of rotatable bonds is 2. The molecule has 2 heterocycles. The fraction of sp³-hybridized carbons (Fsp3) is 0.750. The van der Waals surface area contributed by atoms with Gasteiger partial charge in [-0.2, -0.15) is 0 Å². The Bertz CT molecular complexity index is 316. The molecule has 0 amide bonds. The van der Waals surface area contributed by atoms with Crippen molar-refractivity contribution in [3.63, 3.8) is 0 Å². The zero-order valence-corrected chi connectivity index (χ0v) is 9.90. The predicted octanol–water partition coefficient (Wildman–Crippen LogP) is 2.67. The molecule has 0 aromatic carbocycles. The molecule has 0 bridgehead atoms. The summed E-state index contributed by atoms with van der Waals surface area (Å²) >= 11 is 0. The maximum atomic E-state index is 4.27. The van der Waals surface area contributed by atoms with Crippen molar-refractivity contribution in [2.24, 2.45) is 0 Å². The molecule has 0 spiro atoms. The average molecular weight is 207 g/mol. The quantitative estimate of drug-likeness (QED) is 0.808. The first kappa shape index (κ1) is 10.7. The third kappa shape index (κ3) is 2.23. The van der Waals surface area contributed by atoms with E-state index in [1.807, 2.05) is 12.5 Å². The summed E-state index contributed by atoms with van der Waals surface area (Å²) in [5.41, 5.74) is 1.34. The van der Waals surface area contributed by atoms with Crippen LogP contribution in [0.25, 0.3) is 0 Å². The van der Waals surface area contributed by atoms with Gasteiger partial charge in [0.05, 0.1) is 12.0 Å². The van der Waals surface area contributed by atoms with Gasteiger partial charge in [0.1, 0.15) is 0 Å². The van der Waals surface area contributed by atoms with Crippen LogP contribution < -0.4 is 5.32 Å². The van der Waals surface area contributed by atoms with E-state index in [-0.39, 0.29) is 0 Å². The van der Waals surface area contributed by atoms with E-state index in [9.17, 15) is 0 Å². The smallest absolute Gasteiger partial charge is 0.0951 e. The van der Waals surface area contributed by atoms with Crippen LogP contribution in [-0.2, 0) is 0 Å². The van der Waals surface area contributed by atoms with Crippen molar-refractivity contribution in [2.75, 3.05) is 0 Å². The molecule has 0 radical (unpaired) electrons. The zero-order chi connectivity index (χ0) is 10.8. The van der Waals surface area contributed by atoms with Gasteiger partial charge < -0.3 is 9.88 Å². The molecule has 2 atom stereocenters. The lowest BCUT2D eigenvalue weighted by molar-refractivity contribution is 0.326. The van der Waals surface area contributed by atoms with Gasteiger partial charge in [0.15, 0.2) is 0 Å². The number of imidazole rings is 1. The van der Waals surface area contributed by atoms with Gasteiger partial charge >= 0.3 is 0 Å². The molecule has 2 rings (SSSR count). The number of nitrogens with zero attached hydrogens (tertiary/aromatic N) is 2. The van der Waals surface area contributed by atoms with Gasteiger partial charge in [-0.05, 0) is 40.0 Å². The van der Waals surface area contributed by atoms with E-state index in [1.54, 1.807) is 0 Å². The van der Waals surface area contributed by atoms with Gasteiger partial charge in [-0.15, -0.1) is 0 Å². The van der Waals surface area contributed by atoms with Gasteiger partial charge in [0.25, 0.3) is 0 Å². The average Bonchev–Trinajstić information content (AvgIpc) is 2.65. The molecule has 1 aliphatic rings. The fourth-order valence-electron chi connectivity index (χ4n) is 2.39. The second kappa shape index (κ2) is 4.35. The van der Waals surface area contributed by atoms with Crippen LogP contribution in [0.4, 0.5) is 0 Å². The minimum atomic E-state index is 0.499. The molecule has 84 valence electrons. The first-order valence-electron chi connectivity index (χ1n) is 5.96. The Morgan fingerprint density at radius 3 is 2.93 bits per heavy atom. The number of hydrogen-bond donors (Lipinski definition) is 1. The Hall–Kier alpha value is -0.830. The van der Waals surface area contributed by atoms with Crippen LogP contribution in [0, 0.1) is 0 Å². The summed E-state index contributed by atoms with van der Waals surface area (Å²) in [6.07, 6.45) is 7.81. The van der Waals surface area contributed by atoms with Gasteiger partial charge in [0, 0.05) is 24.3 Å². The lowest BCUT2D eigenvalue weighted by Crippen LogP contribution is -2.35. The van der Waals surface area contributed by atoms with Crippen LogP contribution in [0.15, 0.2) is 12.5 Å². The van der Waals surface area contributed by atoms with E-state index < -0.39 is 0 Å². The zero-order valence-electron chi connectivity index (χ0n) is 9.90. The van der Waals surface area contributed by atoms with Crippen molar-refractivity contribution in [3.8, 4) is 0 Å². The third-order valence-electron chi connectivity index (χ3n) is 3.23. The van der Waals surface area contributed by atoms with Crippen LogP contribution >= 0.6 is 0 Å². The first-order chi connectivity index (χ1) is 7.18. The second-order valence-electron chi connectivity index (χ2n) is 4.87. The Morgan fingerprint density at radius 2 is 2.27 bits per heavy atom. The van der Waals surface area contributed by atoms with Crippen LogP contribution in [0.5, 0.6) is 0 Å². The highest BCUT2D eigenvalue weighted by atomic mass is 15.1. The highest BCUT2D eigenvalue weighted by Gasteiger charge is 2.22. The molecular formula is C12H21N3. The maximum Gasteiger partial charge on any atom is 0.0951 e. The highest BCUT2D eigenvalue weighted by Crippen LogP contribution is 2.26. The van der Waals surface area contributed by atoms with Crippen molar-refractivity contribution < 1.29 is 0 Å². The summed E-state index contributed by atoms with van der Waals surface area (Å²) in [4.78, 5) is 4.27. The molecule has 1 aromatic rings. The van der Waals surface area contributed by atoms with Crippen molar-refractivity contribution >= 4 is 0 Å². The third-order valence-corrected chi connectivity index (χ3v) is 3.23. The van der Waals surface area contributed by atoms with Crippen LogP contribution in [-0.4, -0.2) is 15.6 Å². The van der Waals surface area contributed by atoms with E-state index >= 15 is 0 Å². The molecule has 0 saturated carbocycles. The van der Waals surface area contributed by atoms with Crippen LogP contribution in [0.2, 0.25) is 0 Å². The lowest BCUT2D eigenvalue weighted by atomic mass is 9.97. The molecule has 1 aliphatic heterocycles. The van der Waals surface area contributed by atoms with Gasteiger partial charge in [0.2, 0.25) is 0 Å². The number of piperidine rings is 1. The standard InChI is InChI=1S/C12H21N3/c1-9(2)15-8-13-7-12(15)11-6-4-5-10(3)14-11/h7-11,14H,4-6H2,1-3H3. The minimum Gasteiger partial charge on any atom is -0.331 e. The molecule has 0 aliphatic carbocycles. The number of hydrogen-bond acceptors (Lipinski definition) is 2. The SMILES string of the molecule is CC1CCCC(c2cncn2C(C)C)N1. The molecule has 3 heteroatoms. The molecule has 1 saturated heterocycles. The first-order valence-corrected chi connectivity index (χ1v) is 5.96. The summed E-state index contributed by atoms with van der Waals surface area (Å²) in [6.45, 7) is 6.68. The van der Waals surface area contributed by atoms with Gasteiger partial charge in [-0.1, -0.05) is 0 Å². The van der Waals surface area contributed by atoms with Crippen molar-refractivity contribution in [2.45, 2.75) is 58.2 Å². The lowest BCUT2D eigenvalue weighted by Gasteiger charge is -2.30. The monoisotopic (exact) mass is 207 g/mol. The summed E-state index contributed by atoms with van der Waals surface area (Å²) in [5, 5.41) is 3.65. The summed E-state index contributed by atoms with van der Waals surface area (Å²) in [7, 11) is 0. The van der Waals surface area contributed by atoms with E-state index in [0.29, 0.717) is 18.1 Å². The maximum absolute atomic E-state index is 4.27. The Balaban J connectivity index is 2.17. The predicted molar refractivity (Wildman–Crippen MR) is 61.8 cm³/mol. The van der Waals surface area contributed by atoms with Crippen molar-refractivity contribution in [3.05, 3.63) is 18.2 Å². The van der Waals surface area contributed by atoms with Gasteiger partial charge in [-0.25, -0.2) is 4.98 Å². The van der Waals surface area contributed by atoms with E-state index in [2.05, 4.69) is 35.6 Å².